The lowest BCUT2D eigenvalue weighted by molar-refractivity contribution is -0.140. The number of hydrogen-bond donors (Lipinski definition) is 2. The zero-order valence-corrected chi connectivity index (χ0v) is 13.7. The van der Waals surface area contributed by atoms with Crippen molar-refractivity contribution < 1.29 is 19.4 Å². The molecule has 0 aromatic rings. The van der Waals surface area contributed by atoms with E-state index in [0.717, 1.165) is 12.8 Å². The smallest absolute Gasteiger partial charge is 0.410 e. The lowest BCUT2D eigenvalue weighted by atomic mass is 10.0. The molecule has 1 aliphatic rings. The molecule has 0 aromatic heterocycles. The minimum absolute atomic E-state index is 0.000417. The second-order valence-corrected chi connectivity index (χ2v) is 6.94. The quantitative estimate of drug-likeness (QED) is 0.812. The number of carbonyl (C=O) groups is 2. The first kappa shape index (κ1) is 17.8. The van der Waals surface area contributed by atoms with Crippen LogP contribution < -0.4 is 5.32 Å². The SMILES string of the molecule is CC(C)C(NCC1CCCN1C(=O)OC(C)(C)C)C(=O)O. The van der Waals surface area contributed by atoms with Crippen LogP contribution in [0.5, 0.6) is 0 Å². The van der Waals surface area contributed by atoms with Gasteiger partial charge in [-0.25, -0.2) is 4.79 Å². The van der Waals surface area contributed by atoms with Gasteiger partial charge in [0.15, 0.2) is 0 Å². The molecule has 1 heterocycles. The van der Waals surface area contributed by atoms with E-state index in [2.05, 4.69) is 5.32 Å². The van der Waals surface area contributed by atoms with Gasteiger partial charge in [0.2, 0.25) is 0 Å². The van der Waals surface area contributed by atoms with Gasteiger partial charge in [0, 0.05) is 19.1 Å². The highest BCUT2D eigenvalue weighted by Gasteiger charge is 2.33. The lowest BCUT2D eigenvalue weighted by Crippen LogP contribution is -2.49. The van der Waals surface area contributed by atoms with Crippen LogP contribution >= 0.6 is 0 Å². The summed E-state index contributed by atoms with van der Waals surface area (Å²) in [5.41, 5.74) is -0.515. The van der Waals surface area contributed by atoms with Crippen LogP contribution in [0.15, 0.2) is 0 Å². The van der Waals surface area contributed by atoms with Crippen molar-refractivity contribution in [3.8, 4) is 0 Å². The van der Waals surface area contributed by atoms with Crippen LogP contribution in [0.25, 0.3) is 0 Å². The van der Waals surface area contributed by atoms with E-state index in [1.807, 2.05) is 34.6 Å². The summed E-state index contributed by atoms with van der Waals surface area (Å²) in [5, 5.41) is 12.2. The Morgan fingerprint density at radius 1 is 1.38 bits per heavy atom. The summed E-state index contributed by atoms with van der Waals surface area (Å²) in [6, 6.07) is -0.591. The molecule has 1 fully saturated rings. The molecule has 122 valence electrons. The zero-order chi connectivity index (χ0) is 16.2. The van der Waals surface area contributed by atoms with Gasteiger partial charge in [0.05, 0.1) is 0 Å². The van der Waals surface area contributed by atoms with Crippen molar-refractivity contribution in [3.05, 3.63) is 0 Å². The molecule has 0 aliphatic carbocycles. The van der Waals surface area contributed by atoms with Gasteiger partial charge in [-0.15, -0.1) is 0 Å². The van der Waals surface area contributed by atoms with Gasteiger partial charge in [-0.05, 0) is 39.5 Å². The second-order valence-electron chi connectivity index (χ2n) is 6.94. The molecule has 2 atom stereocenters. The fraction of sp³-hybridized carbons (Fsp3) is 0.867. The Morgan fingerprint density at radius 2 is 2.00 bits per heavy atom. The van der Waals surface area contributed by atoms with Gasteiger partial charge in [0.25, 0.3) is 0 Å². The zero-order valence-electron chi connectivity index (χ0n) is 13.7. The van der Waals surface area contributed by atoms with E-state index in [0.29, 0.717) is 13.1 Å². The number of nitrogens with one attached hydrogen (secondary N) is 1. The Hall–Kier alpha value is -1.30. The van der Waals surface area contributed by atoms with Crippen molar-refractivity contribution in [2.75, 3.05) is 13.1 Å². The van der Waals surface area contributed by atoms with Crippen molar-refractivity contribution in [2.24, 2.45) is 5.92 Å². The molecule has 0 saturated carbocycles. The molecule has 6 heteroatoms. The number of aliphatic carboxylic acids is 1. The molecule has 1 amide bonds. The average molecular weight is 300 g/mol. The molecule has 0 bridgehead atoms. The predicted molar refractivity (Wildman–Crippen MR) is 80.2 cm³/mol. The molecule has 21 heavy (non-hydrogen) atoms. The standard InChI is InChI=1S/C15H28N2O4/c1-10(2)12(13(18)19)16-9-11-7-6-8-17(11)14(20)21-15(3,4)5/h10-12,16H,6-9H2,1-5H3,(H,18,19). The van der Waals surface area contributed by atoms with E-state index in [1.165, 1.54) is 0 Å². The van der Waals surface area contributed by atoms with Crippen LogP contribution in [0.1, 0.15) is 47.5 Å². The first-order valence-corrected chi connectivity index (χ1v) is 7.57. The highest BCUT2D eigenvalue weighted by atomic mass is 16.6. The van der Waals surface area contributed by atoms with E-state index in [4.69, 9.17) is 4.74 Å². The maximum absolute atomic E-state index is 12.1. The molecule has 6 nitrogen and oxygen atoms in total. The fourth-order valence-electron chi connectivity index (χ4n) is 2.48. The van der Waals surface area contributed by atoms with E-state index in [-0.39, 0.29) is 18.1 Å². The third-order valence-corrected chi connectivity index (χ3v) is 3.51. The Morgan fingerprint density at radius 3 is 2.48 bits per heavy atom. The number of nitrogens with zero attached hydrogens (tertiary/aromatic N) is 1. The summed E-state index contributed by atoms with van der Waals surface area (Å²) >= 11 is 0. The molecular formula is C15H28N2O4. The number of carboxylic acid groups (broad SMARTS) is 1. The minimum Gasteiger partial charge on any atom is -0.480 e. The Balaban J connectivity index is 2.58. The Bertz CT molecular complexity index is 376. The normalized spacial score (nSPS) is 20.7. The monoisotopic (exact) mass is 300 g/mol. The van der Waals surface area contributed by atoms with E-state index < -0.39 is 17.6 Å². The summed E-state index contributed by atoms with van der Waals surface area (Å²) in [6.45, 7) is 10.4. The van der Waals surface area contributed by atoms with Crippen LogP contribution in [0.3, 0.4) is 0 Å². The summed E-state index contributed by atoms with van der Waals surface area (Å²) in [7, 11) is 0. The third-order valence-electron chi connectivity index (χ3n) is 3.51. The van der Waals surface area contributed by atoms with E-state index in [1.54, 1.807) is 4.90 Å². The van der Waals surface area contributed by atoms with Gasteiger partial charge in [-0.3, -0.25) is 4.79 Å². The van der Waals surface area contributed by atoms with E-state index in [9.17, 15) is 14.7 Å². The number of rotatable bonds is 5. The van der Waals surface area contributed by atoms with Gasteiger partial charge in [-0.2, -0.15) is 0 Å². The summed E-state index contributed by atoms with van der Waals surface area (Å²) in [5.74, 6) is -0.856. The van der Waals surface area contributed by atoms with Crippen molar-refractivity contribution >= 4 is 12.1 Å². The number of hydrogen-bond acceptors (Lipinski definition) is 4. The van der Waals surface area contributed by atoms with Crippen LogP contribution in [0.4, 0.5) is 4.79 Å². The summed E-state index contributed by atoms with van der Waals surface area (Å²) < 4.78 is 5.40. The summed E-state index contributed by atoms with van der Waals surface area (Å²) in [4.78, 5) is 25.0. The predicted octanol–water partition coefficient (Wildman–Crippen LogP) is 2.08. The van der Waals surface area contributed by atoms with Gasteiger partial charge < -0.3 is 20.1 Å². The molecule has 1 rings (SSSR count). The van der Waals surface area contributed by atoms with Crippen molar-refractivity contribution in [3.63, 3.8) is 0 Å². The van der Waals surface area contributed by atoms with Crippen LogP contribution in [-0.4, -0.2) is 52.8 Å². The maximum atomic E-state index is 12.1. The van der Waals surface area contributed by atoms with Crippen molar-refractivity contribution in [1.82, 2.24) is 10.2 Å². The largest absolute Gasteiger partial charge is 0.480 e. The minimum atomic E-state index is -0.855. The number of carboxylic acids is 1. The van der Waals surface area contributed by atoms with Crippen LogP contribution in [0.2, 0.25) is 0 Å². The number of amides is 1. The fourth-order valence-corrected chi connectivity index (χ4v) is 2.48. The van der Waals surface area contributed by atoms with Gasteiger partial charge >= 0.3 is 12.1 Å². The van der Waals surface area contributed by atoms with Crippen molar-refractivity contribution in [1.29, 1.82) is 0 Å². The highest BCUT2D eigenvalue weighted by molar-refractivity contribution is 5.73. The highest BCUT2D eigenvalue weighted by Crippen LogP contribution is 2.20. The molecule has 2 unspecified atom stereocenters. The molecule has 0 radical (unpaired) electrons. The van der Waals surface area contributed by atoms with E-state index >= 15 is 0 Å². The summed E-state index contributed by atoms with van der Waals surface area (Å²) in [6.07, 6.45) is 1.48. The van der Waals surface area contributed by atoms with Gasteiger partial charge in [0.1, 0.15) is 11.6 Å². The molecule has 0 spiro atoms. The molecule has 1 saturated heterocycles. The van der Waals surface area contributed by atoms with Crippen LogP contribution in [-0.2, 0) is 9.53 Å². The maximum Gasteiger partial charge on any atom is 0.410 e. The molecule has 0 aromatic carbocycles. The first-order valence-electron chi connectivity index (χ1n) is 7.57. The first-order chi connectivity index (χ1) is 9.61. The molecular weight excluding hydrogens is 272 g/mol. The number of likely N-dealkylation sites (tertiary alicyclic amines) is 1. The Kier molecular flexibility index (Phi) is 6.01. The topological polar surface area (TPSA) is 78.9 Å². The number of carbonyl (C=O) groups excluding carboxylic acids is 1. The third kappa shape index (κ3) is 5.53. The van der Waals surface area contributed by atoms with Crippen LogP contribution in [0, 0.1) is 5.92 Å². The average Bonchev–Trinajstić information content (AvgIpc) is 2.74. The molecule has 1 aliphatic heterocycles. The number of ether oxygens (including phenoxy) is 1. The second kappa shape index (κ2) is 7.11. The lowest BCUT2D eigenvalue weighted by Gasteiger charge is -2.29. The molecule has 2 N–H and O–H groups in total. The Labute approximate surface area is 126 Å². The van der Waals surface area contributed by atoms with Crippen molar-refractivity contribution in [2.45, 2.75) is 65.1 Å². The van der Waals surface area contributed by atoms with Gasteiger partial charge in [-0.1, -0.05) is 13.8 Å².